The van der Waals surface area contributed by atoms with Crippen LogP contribution in [0.15, 0.2) is 18.5 Å². The third-order valence-corrected chi connectivity index (χ3v) is 6.86. The van der Waals surface area contributed by atoms with Crippen molar-refractivity contribution in [2.24, 2.45) is 5.92 Å². The number of carbonyl (C=O) groups is 1. The van der Waals surface area contributed by atoms with Crippen molar-refractivity contribution in [1.82, 2.24) is 20.3 Å². The Labute approximate surface area is 195 Å². The number of methoxy groups -OCH3 is 1. The molecular weight excluding hydrogens is 468 g/mol. The number of rotatable bonds is 8. The first kappa shape index (κ1) is 23.9. The average molecular weight is 494 g/mol. The Bertz CT molecular complexity index is 1340. The van der Waals surface area contributed by atoms with E-state index in [1.54, 1.807) is 0 Å². The summed E-state index contributed by atoms with van der Waals surface area (Å²) in [6.45, 7) is 0.287. The Balaban J connectivity index is 1.57. The molecule has 34 heavy (non-hydrogen) atoms. The molecule has 0 saturated heterocycles. The molecule has 0 bridgehead atoms. The van der Waals surface area contributed by atoms with Gasteiger partial charge in [0, 0.05) is 36.5 Å². The fourth-order valence-electron chi connectivity index (χ4n) is 4.17. The van der Waals surface area contributed by atoms with Gasteiger partial charge in [0.05, 0.1) is 23.9 Å². The lowest BCUT2D eigenvalue weighted by Gasteiger charge is -2.22. The highest BCUT2D eigenvalue weighted by Crippen LogP contribution is 2.37. The van der Waals surface area contributed by atoms with Crippen molar-refractivity contribution >= 4 is 38.3 Å². The number of anilines is 2. The first-order valence-corrected chi connectivity index (χ1v) is 12.8. The number of nitrogens with zero attached hydrogens (tertiary/aromatic N) is 2. The molecule has 1 amide bonds. The van der Waals surface area contributed by atoms with Crippen LogP contribution in [0.4, 0.5) is 20.3 Å². The minimum Gasteiger partial charge on any atom is -0.494 e. The summed E-state index contributed by atoms with van der Waals surface area (Å²) in [5, 5.41) is 6.50. The van der Waals surface area contributed by atoms with Gasteiger partial charge in [0.25, 0.3) is 0 Å². The third-order valence-electron chi connectivity index (χ3n) is 5.83. The maximum Gasteiger partial charge on any atom is 0.223 e. The lowest BCUT2D eigenvalue weighted by molar-refractivity contribution is -0.125. The van der Waals surface area contributed by atoms with Crippen LogP contribution in [-0.2, 0) is 27.5 Å². The molecule has 0 fully saturated rings. The van der Waals surface area contributed by atoms with Crippen molar-refractivity contribution in [2.45, 2.75) is 25.7 Å². The maximum absolute atomic E-state index is 13.9. The molecular formula is C22H25F2N5O4S. The second-order valence-corrected chi connectivity index (χ2v) is 10.6. The molecule has 9 nitrogen and oxygen atoms in total. The number of fused-ring (bicyclic) bond motifs is 3. The first-order chi connectivity index (χ1) is 16.2. The molecule has 1 aliphatic carbocycles. The van der Waals surface area contributed by atoms with Crippen molar-refractivity contribution in [2.75, 3.05) is 31.0 Å². The van der Waals surface area contributed by atoms with E-state index >= 15 is 0 Å². The van der Waals surface area contributed by atoms with Gasteiger partial charge in [-0.1, -0.05) is 0 Å². The molecule has 3 aromatic rings. The van der Waals surface area contributed by atoms with E-state index in [0.717, 1.165) is 29.6 Å². The highest BCUT2D eigenvalue weighted by atomic mass is 32.2. The van der Waals surface area contributed by atoms with E-state index in [9.17, 15) is 22.0 Å². The van der Waals surface area contributed by atoms with Crippen LogP contribution in [0.3, 0.4) is 0 Å². The number of nitrogens with one attached hydrogen (secondary N) is 3. The molecule has 4 rings (SSSR count). The van der Waals surface area contributed by atoms with Crippen molar-refractivity contribution in [3.05, 3.63) is 41.4 Å². The average Bonchev–Trinajstić information content (AvgIpc) is 3.17. The van der Waals surface area contributed by atoms with Crippen LogP contribution in [0.1, 0.15) is 24.1 Å². The fourth-order valence-corrected chi connectivity index (χ4v) is 4.84. The minimum absolute atomic E-state index is 0.0182. The van der Waals surface area contributed by atoms with Gasteiger partial charge in [-0.3, -0.25) is 4.79 Å². The number of hydrogen-bond acceptors (Lipinski definition) is 7. The lowest BCUT2D eigenvalue weighted by Crippen LogP contribution is -2.35. The van der Waals surface area contributed by atoms with E-state index in [-0.39, 0.29) is 35.6 Å². The predicted molar refractivity (Wildman–Crippen MR) is 123 cm³/mol. The molecule has 1 aliphatic rings. The molecule has 1 atom stereocenters. The molecule has 0 spiro atoms. The van der Waals surface area contributed by atoms with Crippen LogP contribution >= 0.6 is 0 Å². The topological polar surface area (TPSA) is 126 Å². The largest absolute Gasteiger partial charge is 0.494 e. The number of aromatic nitrogens is 3. The van der Waals surface area contributed by atoms with Gasteiger partial charge in [0.2, 0.25) is 5.91 Å². The van der Waals surface area contributed by atoms with Crippen LogP contribution in [0, 0.1) is 17.6 Å². The Morgan fingerprint density at radius 1 is 1.26 bits per heavy atom. The van der Waals surface area contributed by atoms with E-state index in [1.165, 1.54) is 13.4 Å². The van der Waals surface area contributed by atoms with E-state index < -0.39 is 21.5 Å². The molecule has 3 N–H and O–H groups in total. The highest BCUT2D eigenvalue weighted by Gasteiger charge is 2.29. The minimum atomic E-state index is -3.07. The number of aromatic amines is 1. The second kappa shape index (κ2) is 9.53. The number of hydrogen-bond donors (Lipinski definition) is 3. The van der Waals surface area contributed by atoms with Crippen LogP contribution in [-0.4, -0.2) is 54.9 Å². The Morgan fingerprint density at radius 2 is 2.03 bits per heavy atom. The number of amides is 1. The van der Waals surface area contributed by atoms with Crippen molar-refractivity contribution in [3.8, 4) is 5.75 Å². The molecule has 1 aromatic carbocycles. The molecule has 0 saturated carbocycles. The van der Waals surface area contributed by atoms with Crippen molar-refractivity contribution in [1.29, 1.82) is 0 Å². The molecule has 2 heterocycles. The lowest BCUT2D eigenvalue weighted by atomic mass is 9.86. The number of benzene rings is 1. The second-order valence-electron chi connectivity index (χ2n) is 8.33. The number of ether oxygens (including phenoxy) is 1. The molecule has 12 heteroatoms. The van der Waals surface area contributed by atoms with E-state index in [2.05, 4.69) is 25.6 Å². The van der Waals surface area contributed by atoms with Crippen molar-refractivity contribution in [3.63, 3.8) is 0 Å². The third kappa shape index (κ3) is 5.11. The summed E-state index contributed by atoms with van der Waals surface area (Å²) in [7, 11) is -1.72. The summed E-state index contributed by atoms with van der Waals surface area (Å²) in [5.74, 6) is -1.98. The van der Waals surface area contributed by atoms with Gasteiger partial charge in [0.15, 0.2) is 11.6 Å². The van der Waals surface area contributed by atoms with E-state index in [1.807, 2.05) is 0 Å². The van der Waals surface area contributed by atoms with Crippen LogP contribution < -0.4 is 15.4 Å². The Morgan fingerprint density at radius 3 is 2.76 bits per heavy atom. The van der Waals surface area contributed by atoms with Gasteiger partial charge >= 0.3 is 0 Å². The predicted octanol–water partition coefficient (Wildman–Crippen LogP) is 2.64. The van der Waals surface area contributed by atoms with Crippen molar-refractivity contribution < 1.29 is 26.7 Å². The molecule has 2 aromatic heterocycles. The van der Waals surface area contributed by atoms with Crippen LogP contribution in [0.2, 0.25) is 0 Å². The zero-order chi connectivity index (χ0) is 24.5. The highest BCUT2D eigenvalue weighted by molar-refractivity contribution is 7.90. The summed E-state index contributed by atoms with van der Waals surface area (Å²) >= 11 is 0. The van der Waals surface area contributed by atoms with Gasteiger partial charge in [0.1, 0.15) is 33.4 Å². The SMILES string of the molecule is COc1cc(F)c(F)cc1Nc1ncnc2[nH]c3c(c12)C[C@@H](C(=O)NCCCS(C)(=O)=O)CC3. The fraction of sp³-hybridized carbons (Fsp3) is 0.409. The summed E-state index contributed by atoms with van der Waals surface area (Å²) in [5.41, 5.74) is 2.59. The smallest absolute Gasteiger partial charge is 0.223 e. The monoisotopic (exact) mass is 493 g/mol. The normalized spacial score (nSPS) is 15.7. The zero-order valence-corrected chi connectivity index (χ0v) is 19.6. The summed E-state index contributed by atoms with van der Waals surface area (Å²) in [6, 6.07) is 1.95. The Hall–Kier alpha value is -3.28. The van der Waals surface area contributed by atoms with Gasteiger partial charge in [-0.15, -0.1) is 0 Å². The summed E-state index contributed by atoms with van der Waals surface area (Å²) in [4.78, 5) is 24.6. The van der Waals surface area contributed by atoms with Crippen LogP contribution in [0.5, 0.6) is 5.75 Å². The van der Waals surface area contributed by atoms with Crippen LogP contribution in [0.25, 0.3) is 11.0 Å². The Kier molecular flexibility index (Phi) is 6.69. The number of halogens is 2. The van der Waals surface area contributed by atoms with Gasteiger partial charge in [-0.05, 0) is 31.2 Å². The standard InChI is InChI=1S/C22H25F2N5O4S/c1-33-18-10-15(24)14(23)9-17(18)29-21-19-13-8-12(22(30)25-6-3-7-34(2,31)32)4-5-16(13)28-20(19)26-11-27-21/h9-12H,3-8H2,1-2H3,(H,25,30)(H2,26,27,28,29)/t12-/m0/s1. The number of sulfone groups is 1. The molecule has 182 valence electrons. The summed E-state index contributed by atoms with van der Waals surface area (Å²) < 4.78 is 55.2. The zero-order valence-electron chi connectivity index (χ0n) is 18.7. The molecule has 0 aliphatic heterocycles. The summed E-state index contributed by atoms with van der Waals surface area (Å²) in [6.07, 6.45) is 4.56. The number of aryl methyl sites for hydroxylation is 1. The van der Waals surface area contributed by atoms with Gasteiger partial charge in [-0.25, -0.2) is 27.2 Å². The number of H-pyrrole nitrogens is 1. The first-order valence-electron chi connectivity index (χ1n) is 10.8. The van der Waals surface area contributed by atoms with Gasteiger partial charge < -0.3 is 20.4 Å². The van der Waals surface area contributed by atoms with E-state index in [4.69, 9.17) is 4.74 Å². The molecule has 0 radical (unpaired) electrons. The quantitative estimate of drug-likeness (QED) is 0.412. The molecule has 0 unspecified atom stereocenters. The maximum atomic E-state index is 13.9. The van der Waals surface area contributed by atoms with Gasteiger partial charge in [-0.2, -0.15) is 0 Å². The number of carbonyl (C=O) groups excluding carboxylic acids is 1. The van der Waals surface area contributed by atoms with E-state index in [0.29, 0.717) is 42.5 Å².